The molecule has 6 heteroatoms. The Morgan fingerprint density at radius 3 is 2.44 bits per heavy atom. The molecule has 27 heavy (non-hydrogen) atoms. The molecule has 1 heterocycles. The molecule has 0 bridgehead atoms. The van der Waals surface area contributed by atoms with Crippen LogP contribution in [0.5, 0.6) is 5.75 Å². The van der Waals surface area contributed by atoms with Gasteiger partial charge in [0.1, 0.15) is 11.8 Å². The SMILES string of the molecule is COc1ccc(NC(=O)c2ccc3c(c2)N(C2CC2)C(C)C(=O)N3C)cc1. The summed E-state index contributed by atoms with van der Waals surface area (Å²) in [4.78, 5) is 29.1. The zero-order chi connectivity index (χ0) is 19.1. The predicted molar refractivity (Wildman–Crippen MR) is 106 cm³/mol. The van der Waals surface area contributed by atoms with Crippen molar-refractivity contribution in [3.8, 4) is 5.75 Å². The quantitative estimate of drug-likeness (QED) is 0.903. The molecule has 2 aromatic rings. The maximum Gasteiger partial charge on any atom is 0.255 e. The zero-order valence-corrected chi connectivity index (χ0v) is 15.7. The van der Waals surface area contributed by atoms with Crippen LogP contribution >= 0.6 is 0 Å². The third kappa shape index (κ3) is 3.12. The fourth-order valence-electron chi connectivity index (χ4n) is 3.62. The highest BCUT2D eigenvalue weighted by Crippen LogP contribution is 2.42. The van der Waals surface area contributed by atoms with Crippen molar-refractivity contribution < 1.29 is 14.3 Å². The van der Waals surface area contributed by atoms with Gasteiger partial charge in [0.2, 0.25) is 5.91 Å². The molecule has 1 aliphatic carbocycles. The first kappa shape index (κ1) is 17.4. The van der Waals surface area contributed by atoms with Gasteiger partial charge >= 0.3 is 0 Å². The van der Waals surface area contributed by atoms with Gasteiger partial charge in [-0.2, -0.15) is 0 Å². The number of ether oxygens (including phenoxy) is 1. The molecule has 1 unspecified atom stereocenters. The number of nitrogens with one attached hydrogen (secondary N) is 1. The van der Waals surface area contributed by atoms with Crippen molar-refractivity contribution in [2.75, 3.05) is 29.3 Å². The van der Waals surface area contributed by atoms with E-state index >= 15 is 0 Å². The van der Waals surface area contributed by atoms with Crippen molar-refractivity contribution in [1.29, 1.82) is 0 Å². The van der Waals surface area contributed by atoms with Gasteiger partial charge in [0, 0.05) is 24.3 Å². The van der Waals surface area contributed by atoms with Gasteiger partial charge in [-0.1, -0.05) is 0 Å². The molecule has 4 rings (SSSR count). The summed E-state index contributed by atoms with van der Waals surface area (Å²) >= 11 is 0. The number of hydrogen-bond acceptors (Lipinski definition) is 4. The van der Waals surface area contributed by atoms with Gasteiger partial charge in [-0.05, 0) is 62.2 Å². The summed E-state index contributed by atoms with van der Waals surface area (Å²) in [6, 6.07) is 12.9. The lowest BCUT2D eigenvalue weighted by Crippen LogP contribution is -2.51. The Kier molecular flexibility index (Phi) is 4.26. The number of methoxy groups -OCH3 is 1. The molecule has 0 aromatic heterocycles. The van der Waals surface area contributed by atoms with Crippen LogP contribution in [0.25, 0.3) is 0 Å². The van der Waals surface area contributed by atoms with Crippen LogP contribution in [-0.2, 0) is 4.79 Å². The fourth-order valence-corrected chi connectivity index (χ4v) is 3.62. The molecule has 0 saturated heterocycles. The summed E-state index contributed by atoms with van der Waals surface area (Å²) in [7, 11) is 3.40. The van der Waals surface area contributed by atoms with E-state index in [2.05, 4.69) is 10.2 Å². The average molecular weight is 365 g/mol. The first-order chi connectivity index (χ1) is 13.0. The van der Waals surface area contributed by atoms with Crippen molar-refractivity contribution in [2.45, 2.75) is 31.8 Å². The smallest absolute Gasteiger partial charge is 0.255 e. The third-order valence-electron chi connectivity index (χ3n) is 5.27. The van der Waals surface area contributed by atoms with Gasteiger partial charge in [-0.15, -0.1) is 0 Å². The molecule has 0 radical (unpaired) electrons. The van der Waals surface area contributed by atoms with E-state index in [1.165, 1.54) is 0 Å². The van der Waals surface area contributed by atoms with Crippen molar-refractivity contribution in [2.24, 2.45) is 0 Å². The highest BCUT2D eigenvalue weighted by Gasteiger charge is 2.41. The van der Waals surface area contributed by atoms with Crippen LogP contribution in [0.15, 0.2) is 42.5 Å². The Balaban J connectivity index is 1.63. The monoisotopic (exact) mass is 365 g/mol. The molecule has 2 amide bonds. The number of hydrogen-bond donors (Lipinski definition) is 1. The van der Waals surface area contributed by atoms with E-state index in [9.17, 15) is 9.59 Å². The largest absolute Gasteiger partial charge is 0.497 e. The Hall–Kier alpha value is -3.02. The van der Waals surface area contributed by atoms with Gasteiger partial charge in [-0.25, -0.2) is 0 Å². The van der Waals surface area contributed by atoms with Crippen LogP contribution in [0.1, 0.15) is 30.1 Å². The number of amides is 2. The second-order valence-corrected chi connectivity index (χ2v) is 7.10. The summed E-state index contributed by atoms with van der Waals surface area (Å²) in [5, 5.41) is 2.91. The second kappa shape index (κ2) is 6.61. The topological polar surface area (TPSA) is 61.9 Å². The molecule has 1 atom stereocenters. The molecule has 140 valence electrons. The lowest BCUT2D eigenvalue weighted by molar-refractivity contribution is -0.119. The number of anilines is 3. The van der Waals surface area contributed by atoms with Gasteiger partial charge in [0.15, 0.2) is 0 Å². The van der Waals surface area contributed by atoms with E-state index in [0.29, 0.717) is 17.3 Å². The minimum absolute atomic E-state index is 0.0878. The minimum atomic E-state index is -0.213. The van der Waals surface area contributed by atoms with Crippen molar-refractivity contribution >= 4 is 28.9 Å². The Morgan fingerprint density at radius 1 is 1.11 bits per heavy atom. The summed E-state index contributed by atoms with van der Waals surface area (Å²) in [5.41, 5.74) is 3.09. The van der Waals surface area contributed by atoms with E-state index in [4.69, 9.17) is 4.74 Å². The lowest BCUT2D eigenvalue weighted by Gasteiger charge is -2.40. The molecular formula is C21H23N3O3. The third-order valence-corrected chi connectivity index (χ3v) is 5.27. The molecule has 1 saturated carbocycles. The van der Waals surface area contributed by atoms with Crippen LogP contribution in [0.3, 0.4) is 0 Å². The predicted octanol–water partition coefficient (Wildman–Crippen LogP) is 3.28. The maximum absolute atomic E-state index is 12.7. The number of likely N-dealkylation sites (N-methyl/N-ethyl adjacent to an activating group) is 1. The van der Waals surface area contributed by atoms with E-state index in [0.717, 1.165) is 30.0 Å². The zero-order valence-electron chi connectivity index (χ0n) is 15.7. The standard InChI is InChI=1S/C21H23N3O3/c1-13-21(26)23(2)18-11-4-14(12-19(18)24(13)16-7-8-16)20(25)22-15-5-9-17(27-3)10-6-15/h4-6,9-13,16H,7-8H2,1-3H3,(H,22,25). The van der Waals surface area contributed by atoms with Gasteiger partial charge in [0.25, 0.3) is 5.91 Å². The highest BCUT2D eigenvalue weighted by atomic mass is 16.5. The molecular weight excluding hydrogens is 342 g/mol. The molecule has 1 aliphatic heterocycles. The summed E-state index contributed by atoms with van der Waals surface area (Å²) in [6.07, 6.45) is 2.17. The summed E-state index contributed by atoms with van der Waals surface area (Å²) in [5.74, 6) is 0.652. The lowest BCUT2D eigenvalue weighted by atomic mass is 10.0. The van der Waals surface area contributed by atoms with Gasteiger partial charge in [-0.3, -0.25) is 9.59 Å². The molecule has 1 fully saturated rings. The summed E-state index contributed by atoms with van der Waals surface area (Å²) in [6.45, 7) is 1.93. The Morgan fingerprint density at radius 2 is 1.81 bits per heavy atom. The van der Waals surface area contributed by atoms with Crippen molar-refractivity contribution in [3.05, 3.63) is 48.0 Å². The Labute approximate surface area is 158 Å². The van der Waals surface area contributed by atoms with Crippen LogP contribution in [0.2, 0.25) is 0 Å². The normalized spacial score (nSPS) is 18.9. The molecule has 0 spiro atoms. The molecule has 2 aromatic carbocycles. The van der Waals surface area contributed by atoms with E-state index in [-0.39, 0.29) is 17.9 Å². The van der Waals surface area contributed by atoms with Crippen molar-refractivity contribution in [1.82, 2.24) is 0 Å². The highest BCUT2D eigenvalue weighted by molar-refractivity contribution is 6.09. The molecule has 2 aliphatic rings. The maximum atomic E-state index is 12.7. The summed E-state index contributed by atoms with van der Waals surface area (Å²) < 4.78 is 5.14. The fraction of sp³-hybridized carbons (Fsp3) is 0.333. The van der Waals surface area contributed by atoms with Crippen LogP contribution < -0.4 is 19.9 Å². The first-order valence-corrected chi connectivity index (χ1v) is 9.15. The van der Waals surface area contributed by atoms with Gasteiger partial charge < -0.3 is 19.9 Å². The van der Waals surface area contributed by atoms with Gasteiger partial charge in [0.05, 0.1) is 18.5 Å². The number of carbonyl (C=O) groups is 2. The van der Waals surface area contributed by atoms with E-state index in [1.54, 1.807) is 49.4 Å². The number of rotatable bonds is 4. The Bertz CT molecular complexity index is 890. The number of carbonyl (C=O) groups excluding carboxylic acids is 2. The van der Waals surface area contributed by atoms with Crippen LogP contribution in [-0.4, -0.2) is 38.1 Å². The van der Waals surface area contributed by atoms with E-state index in [1.807, 2.05) is 19.1 Å². The van der Waals surface area contributed by atoms with Crippen LogP contribution in [0, 0.1) is 0 Å². The first-order valence-electron chi connectivity index (χ1n) is 9.15. The molecule has 6 nitrogen and oxygen atoms in total. The average Bonchev–Trinajstić information content (AvgIpc) is 3.51. The number of nitrogens with zero attached hydrogens (tertiary/aromatic N) is 2. The van der Waals surface area contributed by atoms with Crippen molar-refractivity contribution in [3.63, 3.8) is 0 Å². The second-order valence-electron chi connectivity index (χ2n) is 7.10. The van der Waals surface area contributed by atoms with Crippen LogP contribution in [0.4, 0.5) is 17.1 Å². The molecule has 1 N–H and O–H groups in total. The van der Waals surface area contributed by atoms with E-state index < -0.39 is 0 Å². The number of fused-ring (bicyclic) bond motifs is 1. The minimum Gasteiger partial charge on any atom is -0.497 e. The number of benzene rings is 2.